The summed E-state index contributed by atoms with van der Waals surface area (Å²) < 4.78 is 2.01. The van der Waals surface area contributed by atoms with Crippen LogP contribution in [0.25, 0.3) is 6.08 Å². The number of nitrogens with zero attached hydrogens (tertiary/aromatic N) is 4. The summed E-state index contributed by atoms with van der Waals surface area (Å²) in [6.45, 7) is 0. The Bertz CT molecular complexity index is 850. The maximum atomic E-state index is 13.2. The van der Waals surface area contributed by atoms with Crippen molar-refractivity contribution in [1.82, 2.24) is 14.5 Å². The molecule has 2 fully saturated rings. The summed E-state index contributed by atoms with van der Waals surface area (Å²) in [7, 11) is 1.98. The molecular weight excluding hydrogens is 344 g/mol. The van der Waals surface area contributed by atoms with E-state index < -0.39 is 0 Å². The number of carbonyl (C=O) groups excluding carboxylic acids is 1. The molecule has 0 spiro atoms. The van der Waals surface area contributed by atoms with E-state index in [0.717, 1.165) is 28.6 Å². The molecule has 0 atom stereocenters. The van der Waals surface area contributed by atoms with E-state index in [1.807, 2.05) is 59.1 Å². The minimum atomic E-state index is 0.0674. The van der Waals surface area contributed by atoms with Gasteiger partial charge in [-0.1, -0.05) is 25.3 Å². The van der Waals surface area contributed by atoms with Crippen LogP contribution in [-0.2, 0) is 11.8 Å². The summed E-state index contributed by atoms with van der Waals surface area (Å²) in [6, 6.07) is 9.90. The number of aryl methyl sites for hydroxylation is 1. The van der Waals surface area contributed by atoms with Crippen molar-refractivity contribution in [2.45, 2.75) is 38.1 Å². The number of hydrogen-bond donors (Lipinski definition) is 0. The molecule has 3 heterocycles. The zero-order valence-electron chi connectivity index (χ0n) is 14.8. The van der Waals surface area contributed by atoms with Gasteiger partial charge in [-0.2, -0.15) is 0 Å². The molecule has 0 N–H and O–H groups in total. The molecule has 26 heavy (non-hydrogen) atoms. The van der Waals surface area contributed by atoms with Crippen LogP contribution < -0.4 is 0 Å². The molecule has 0 bridgehead atoms. The van der Waals surface area contributed by atoms with E-state index in [4.69, 9.17) is 4.99 Å². The molecule has 4 rings (SSSR count). The quantitative estimate of drug-likeness (QED) is 0.759. The summed E-state index contributed by atoms with van der Waals surface area (Å²) >= 11 is 1.46. The highest BCUT2D eigenvalue weighted by Gasteiger charge is 2.38. The Balaban J connectivity index is 1.70. The summed E-state index contributed by atoms with van der Waals surface area (Å²) in [5, 5.41) is 0.751. The van der Waals surface area contributed by atoms with Crippen LogP contribution >= 0.6 is 11.8 Å². The van der Waals surface area contributed by atoms with Crippen LogP contribution in [0.5, 0.6) is 0 Å². The van der Waals surface area contributed by atoms with Crippen molar-refractivity contribution >= 4 is 34.7 Å². The fraction of sp³-hybridized carbons (Fsp3) is 0.350. The normalized spacial score (nSPS) is 21.9. The van der Waals surface area contributed by atoms with Gasteiger partial charge in [0.05, 0.1) is 4.91 Å². The fourth-order valence-electron chi connectivity index (χ4n) is 3.50. The lowest BCUT2D eigenvalue weighted by molar-refractivity contribution is -0.124. The van der Waals surface area contributed by atoms with Gasteiger partial charge in [0.2, 0.25) is 0 Å². The van der Waals surface area contributed by atoms with Gasteiger partial charge in [0.25, 0.3) is 5.91 Å². The summed E-state index contributed by atoms with van der Waals surface area (Å²) in [6.07, 6.45) is 11.4. The van der Waals surface area contributed by atoms with E-state index in [9.17, 15) is 4.79 Å². The molecule has 1 aliphatic carbocycles. The second-order valence-electron chi connectivity index (χ2n) is 6.70. The lowest BCUT2D eigenvalue weighted by Crippen LogP contribution is -2.40. The van der Waals surface area contributed by atoms with Crippen LogP contribution in [0.4, 0.5) is 5.82 Å². The van der Waals surface area contributed by atoms with Crippen LogP contribution in [-0.4, -0.2) is 31.6 Å². The van der Waals surface area contributed by atoms with E-state index in [1.165, 1.54) is 31.0 Å². The van der Waals surface area contributed by atoms with Crippen molar-refractivity contribution in [3.05, 3.63) is 53.3 Å². The van der Waals surface area contributed by atoms with Crippen LogP contribution in [0.2, 0.25) is 0 Å². The first-order valence-electron chi connectivity index (χ1n) is 9.06. The number of rotatable bonds is 3. The van der Waals surface area contributed by atoms with Gasteiger partial charge in [-0.25, -0.2) is 9.98 Å². The third kappa shape index (κ3) is 3.46. The Morgan fingerprint density at radius 3 is 2.73 bits per heavy atom. The van der Waals surface area contributed by atoms with Crippen molar-refractivity contribution in [1.29, 1.82) is 0 Å². The molecule has 6 heteroatoms. The van der Waals surface area contributed by atoms with Gasteiger partial charge in [-0.15, -0.1) is 0 Å². The summed E-state index contributed by atoms with van der Waals surface area (Å²) in [5.41, 5.74) is 1.02. The number of hydrogen-bond acceptors (Lipinski definition) is 4. The van der Waals surface area contributed by atoms with Gasteiger partial charge in [-0.05, 0) is 54.9 Å². The smallest absolute Gasteiger partial charge is 0.267 e. The SMILES string of the molecule is Cn1cccc1/C=C1/S/C(=N/c2ccccn2)N(C2CCCCC2)C1=O. The van der Waals surface area contributed by atoms with Crippen molar-refractivity contribution in [3.8, 4) is 0 Å². The Morgan fingerprint density at radius 2 is 2.04 bits per heavy atom. The number of amidine groups is 1. The van der Waals surface area contributed by atoms with Crippen LogP contribution in [0.1, 0.15) is 37.8 Å². The highest BCUT2D eigenvalue weighted by atomic mass is 32.2. The molecule has 1 aliphatic heterocycles. The van der Waals surface area contributed by atoms with Crippen LogP contribution in [0, 0.1) is 0 Å². The number of carbonyl (C=O) groups is 1. The van der Waals surface area contributed by atoms with Crippen molar-refractivity contribution in [2.24, 2.45) is 12.0 Å². The van der Waals surface area contributed by atoms with Gasteiger partial charge >= 0.3 is 0 Å². The molecule has 2 aromatic rings. The lowest BCUT2D eigenvalue weighted by Gasteiger charge is -2.30. The third-order valence-electron chi connectivity index (χ3n) is 4.90. The van der Waals surface area contributed by atoms with Gasteiger partial charge in [0, 0.05) is 31.2 Å². The average molecular weight is 366 g/mol. The average Bonchev–Trinajstić information content (AvgIpc) is 3.20. The zero-order chi connectivity index (χ0) is 17.9. The first-order valence-corrected chi connectivity index (χ1v) is 9.88. The van der Waals surface area contributed by atoms with E-state index >= 15 is 0 Å². The number of aromatic nitrogens is 2. The maximum absolute atomic E-state index is 13.2. The van der Waals surface area contributed by atoms with Gasteiger partial charge in [0.1, 0.15) is 0 Å². The highest BCUT2D eigenvalue weighted by molar-refractivity contribution is 8.18. The van der Waals surface area contributed by atoms with Gasteiger partial charge in [-0.3, -0.25) is 9.69 Å². The minimum absolute atomic E-state index is 0.0674. The summed E-state index contributed by atoms with van der Waals surface area (Å²) in [5.74, 6) is 0.710. The maximum Gasteiger partial charge on any atom is 0.267 e. The van der Waals surface area contributed by atoms with Crippen LogP contribution in [0.15, 0.2) is 52.6 Å². The van der Waals surface area contributed by atoms with E-state index in [-0.39, 0.29) is 11.9 Å². The van der Waals surface area contributed by atoms with E-state index in [0.29, 0.717) is 5.82 Å². The molecule has 0 aromatic carbocycles. The number of aliphatic imine (C=N–C) groups is 1. The molecule has 1 saturated carbocycles. The summed E-state index contributed by atoms with van der Waals surface area (Å²) in [4.78, 5) is 24.8. The van der Waals surface area contributed by atoms with Crippen molar-refractivity contribution in [2.75, 3.05) is 0 Å². The third-order valence-corrected chi connectivity index (χ3v) is 5.88. The molecule has 0 radical (unpaired) electrons. The Hall–Kier alpha value is -2.34. The molecule has 134 valence electrons. The Labute approximate surface area is 157 Å². The van der Waals surface area contributed by atoms with E-state index in [1.54, 1.807) is 6.20 Å². The topological polar surface area (TPSA) is 50.5 Å². The molecular formula is C20H22N4OS. The molecule has 0 unspecified atom stereocenters. The predicted octanol–water partition coefficient (Wildman–Crippen LogP) is 4.36. The number of thioether (sulfide) groups is 1. The number of amides is 1. The second-order valence-corrected chi connectivity index (χ2v) is 7.71. The predicted molar refractivity (Wildman–Crippen MR) is 106 cm³/mol. The lowest BCUT2D eigenvalue weighted by atomic mass is 9.94. The molecule has 5 nitrogen and oxygen atoms in total. The Morgan fingerprint density at radius 1 is 1.19 bits per heavy atom. The highest BCUT2D eigenvalue weighted by Crippen LogP contribution is 2.38. The number of pyridine rings is 1. The van der Waals surface area contributed by atoms with Gasteiger partial charge in [0.15, 0.2) is 11.0 Å². The molecule has 2 aromatic heterocycles. The fourth-order valence-corrected chi connectivity index (χ4v) is 4.53. The van der Waals surface area contributed by atoms with Crippen molar-refractivity contribution in [3.63, 3.8) is 0 Å². The van der Waals surface area contributed by atoms with Gasteiger partial charge < -0.3 is 4.57 Å². The first kappa shape index (κ1) is 17.1. The molecule has 1 saturated heterocycles. The monoisotopic (exact) mass is 366 g/mol. The zero-order valence-corrected chi connectivity index (χ0v) is 15.7. The molecule has 2 aliphatic rings. The minimum Gasteiger partial charge on any atom is -0.351 e. The largest absolute Gasteiger partial charge is 0.351 e. The Kier molecular flexibility index (Phi) is 4.93. The standard InChI is InChI=1S/C20H22N4OS/c1-23-13-7-10-16(23)14-17-19(25)24(15-8-3-2-4-9-15)20(26-17)22-18-11-5-6-12-21-18/h5-7,10-15H,2-4,8-9H2,1H3/b17-14+,22-20+. The molecule has 1 amide bonds. The van der Waals surface area contributed by atoms with E-state index in [2.05, 4.69) is 4.98 Å². The van der Waals surface area contributed by atoms with Crippen molar-refractivity contribution < 1.29 is 4.79 Å². The first-order chi connectivity index (χ1) is 12.7. The second kappa shape index (κ2) is 7.50. The van der Waals surface area contributed by atoms with Crippen LogP contribution in [0.3, 0.4) is 0 Å².